The maximum Gasteiger partial charge on any atom is 0.316 e. The van der Waals surface area contributed by atoms with Gasteiger partial charge in [0.15, 0.2) is 22.4 Å². The van der Waals surface area contributed by atoms with Crippen molar-refractivity contribution in [3.05, 3.63) is 0 Å². The zero-order valence-electron chi connectivity index (χ0n) is 18.3. The lowest BCUT2D eigenvalue weighted by Crippen LogP contribution is -2.50. The highest BCUT2D eigenvalue weighted by atomic mass is 28.4. The summed E-state index contributed by atoms with van der Waals surface area (Å²) in [7, 11) is -2.85. The summed E-state index contributed by atoms with van der Waals surface area (Å²) in [4.78, 5) is 11.7. The molecule has 0 aromatic carbocycles. The monoisotopic (exact) mass is 422 g/mol. The zero-order chi connectivity index (χ0) is 20.7. The molecule has 0 saturated carbocycles. The van der Waals surface area contributed by atoms with Crippen LogP contribution in [0.1, 0.15) is 20.3 Å². The Balaban J connectivity index is 0.000000279. The fraction of sp³-hybridized carbons (Fsp3) is 0.944. The molecule has 2 aliphatic heterocycles. The van der Waals surface area contributed by atoms with Crippen molar-refractivity contribution in [3.63, 3.8) is 0 Å². The lowest BCUT2D eigenvalue weighted by Gasteiger charge is -2.37. The molecule has 1 unspecified atom stereocenters. The molecule has 27 heavy (non-hydrogen) atoms. The lowest BCUT2D eigenvalue weighted by atomic mass is 9.94. The van der Waals surface area contributed by atoms with Crippen molar-refractivity contribution in [2.75, 3.05) is 33.0 Å². The fourth-order valence-electron chi connectivity index (χ4n) is 3.04. The second-order valence-electron chi connectivity index (χ2n) is 8.67. The average Bonchev–Trinajstić information content (AvgIpc) is 2.93. The first-order valence-electron chi connectivity index (χ1n) is 9.76. The van der Waals surface area contributed by atoms with Gasteiger partial charge in [0.1, 0.15) is 12.2 Å². The van der Waals surface area contributed by atoms with E-state index in [-0.39, 0.29) is 12.3 Å². The number of esters is 1. The van der Waals surface area contributed by atoms with Crippen molar-refractivity contribution in [1.29, 1.82) is 0 Å². The molecule has 2 fully saturated rings. The summed E-state index contributed by atoms with van der Waals surface area (Å²) in [5, 5.41) is 0. The smallest absolute Gasteiger partial charge is 0.316 e. The normalized spacial score (nSPS) is 22.5. The highest BCUT2D eigenvalue weighted by Crippen LogP contribution is 2.35. The highest BCUT2D eigenvalue weighted by Gasteiger charge is 2.51. The topological polar surface area (TPSA) is 72.5 Å². The lowest BCUT2D eigenvalue weighted by molar-refractivity contribution is -0.243. The molecule has 2 rings (SSSR count). The Morgan fingerprint density at radius 2 is 1.56 bits per heavy atom. The van der Waals surface area contributed by atoms with Crippen molar-refractivity contribution in [2.45, 2.75) is 71.6 Å². The molecule has 2 aliphatic rings. The van der Waals surface area contributed by atoms with Gasteiger partial charge >= 0.3 is 5.97 Å². The van der Waals surface area contributed by atoms with E-state index in [1.165, 1.54) is 0 Å². The average molecular weight is 423 g/mol. The minimum Gasteiger partial charge on any atom is -0.466 e. The molecule has 0 aromatic rings. The maximum atomic E-state index is 11.7. The van der Waals surface area contributed by atoms with Crippen LogP contribution < -0.4 is 0 Å². The third kappa shape index (κ3) is 9.16. The summed E-state index contributed by atoms with van der Waals surface area (Å²) in [6.07, 6.45) is 0.569. The van der Waals surface area contributed by atoms with E-state index in [0.29, 0.717) is 39.5 Å². The number of carbonyl (C=O) groups excluding carboxylic acids is 1. The van der Waals surface area contributed by atoms with Gasteiger partial charge in [-0.25, -0.2) is 0 Å². The van der Waals surface area contributed by atoms with Crippen LogP contribution in [0.4, 0.5) is 0 Å². The van der Waals surface area contributed by atoms with Crippen LogP contribution in [0.3, 0.4) is 0 Å². The second-order valence-corrected chi connectivity index (χ2v) is 17.6. The van der Waals surface area contributed by atoms with Gasteiger partial charge in [-0.15, -0.1) is 0 Å². The molecular weight excluding hydrogens is 384 g/mol. The molecule has 2 saturated heterocycles. The summed E-state index contributed by atoms with van der Waals surface area (Å²) in [5.41, 5.74) is 0. The Hall–Kier alpha value is -0.296. The first-order valence-corrected chi connectivity index (χ1v) is 16.6. The van der Waals surface area contributed by atoms with E-state index in [2.05, 4.69) is 39.3 Å². The van der Waals surface area contributed by atoms with Crippen LogP contribution in [-0.4, -0.2) is 67.7 Å². The third-order valence-corrected chi connectivity index (χ3v) is 5.87. The molecule has 0 aliphatic carbocycles. The van der Waals surface area contributed by atoms with Crippen LogP contribution in [0, 0.1) is 5.92 Å². The molecule has 160 valence electrons. The SMILES string of the molecule is CC(O[Si](C)(C)C)O[Si](C)(C)C.CCOC(=O)C1COCCC12OCCO2. The van der Waals surface area contributed by atoms with Crippen molar-refractivity contribution in [3.8, 4) is 0 Å². The van der Waals surface area contributed by atoms with Gasteiger partial charge in [-0.2, -0.15) is 0 Å². The summed E-state index contributed by atoms with van der Waals surface area (Å²) in [6, 6.07) is 0. The molecular formula is C18H38O7Si2. The van der Waals surface area contributed by atoms with Crippen LogP contribution in [0.5, 0.6) is 0 Å². The standard InChI is InChI=1S/C10H16O5.C8H22O2Si2/c1-2-13-9(11)8-7-12-4-3-10(8)14-5-6-15-10;1-8(9-11(2,3)4)10-12(5,6)7/h8H,2-7H2,1H3;8H,1-7H3. The Morgan fingerprint density at radius 1 is 1.04 bits per heavy atom. The van der Waals surface area contributed by atoms with E-state index in [0.717, 1.165) is 0 Å². The molecule has 2 heterocycles. The second kappa shape index (κ2) is 10.5. The van der Waals surface area contributed by atoms with Crippen LogP contribution in [-0.2, 0) is 32.6 Å². The van der Waals surface area contributed by atoms with Crippen LogP contribution in [0.15, 0.2) is 0 Å². The van der Waals surface area contributed by atoms with E-state index in [1.807, 2.05) is 6.92 Å². The number of hydrogen-bond donors (Lipinski definition) is 0. The predicted molar refractivity (Wildman–Crippen MR) is 109 cm³/mol. The minimum absolute atomic E-state index is 0.0247. The van der Waals surface area contributed by atoms with E-state index < -0.39 is 28.3 Å². The Bertz CT molecular complexity index is 438. The first kappa shape index (κ1) is 24.7. The van der Waals surface area contributed by atoms with Gasteiger partial charge in [0, 0.05) is 6.42 Å². The molecule has 1 spiro atoms. The van der Waals surface area contributed by atoms with Crippen molar-refractivity contribution < 1.29 is 32.6 Å². The Morgan fingerprint density at radius 3 is 2.00 bits per heavy atom. The molecule has 0 aromatic heterocycles. The van der Waals surface area contributed by atoms with Gasteiger partial charge in [-0.3, -0.25) is 4.79 Å². The molecule has 0 amide bonds. The van der Waals surface area contributed by atoms with Gasteiger partial charge in [0.2, 0.25) is 0 Å². The summed E-state index contributed by atoms with van der Waals surface area (Å²) < 4.78 is 32.9. The molecule has 7 nitrogen and oxygen atoms in total. The number of hydrogen-bond acceptors (Lipinski definition) is 7. The zero-order valence-corrected chi connectivity index (χ0v) is 20.3. The maximum absolute atomic E-state index is 11.7. The Kier molecular flexibility index (Phi) is 9.60. The third-order valence-electron chi connectivity index (χ3n) is 3.80. The summed E-state index contributed by atoms with van der Waals surface area (Å²) in [6.45, 7) is 19.2. The summed E-state index contributed by atoms with van der Waals surface area (Å²) >= 11 is 0. The van der Waals surface area contributed by atoms with Gasteiger partial charge in [-0.05, 0) is 53.1 Å². The molecule has 0 bridgehead atoms. The molecule has 9 heteroatoms. The van der Waals surface area contributed by atoms with Crippen LogP contribution >= 0.6 is 0 Å². The minimum atomic E-state index is -1.42. The van der Waals surface area contributed by atoms with Gasteiger partial charge in [0.05, 0.1) is 33.0 Å². The number of carbonyl (C=O) groups is 1. The highest BCUT2D eigenvalue weighted by molar-refractivity contribution is 6.70. The number of ether oxygens (including phenoxy) is 4. The van der Waals surface area contributed by atoms with Crippen molar-refractivity contribution in [2.24, 2.45) is 5.92 Å². The van der Waals surface area contributed by atoms with Crippen LogP contribution in [0.2, 0.25) is 39.3 Å². The molecule has 0 radical (unpaired) electrons. The predicted octanol–water partition coefficient (Wildman–Crippen LogP) is 3.36. The van der Waals surface area contributed by atoms with Gasteiger partial charge in [0.25, 0.3) is 0 Å². The number of rotatable bonds is 6. The van der Waals surface area contributed by atoms with Gasteiger partial charge in [-0.1, -0.05) is 0 Å². The molecule has 1 atom stereocenters. The van der Waals surface area contributed by atoms with E-state index in [1.54, 1.807) is 6.92 Å². The first-order chi connectivity index (χ1) is 12.4. The summed E-state index contributed by atoms with van der Waals surface area (Å²) in [5.74, 6) is -1.53. The fourth-order valence-corrected chi connectivity index (χ4v) is 5.23. The van der Waals surface area contributed by atoms with E-state index >= 15 is 0 Å². The Labute approximate surface area is 166 Å². The van der Waals surface area contributed by atoms with E-state index in [9.17, 15) is 4.79 Å². The largest absolute Gasteiger partial charge is 0.466 e. The van der Waals surface area contributed by atoms with Crippen molar-refractivity contribution >= 4 is 22.6 Å². The van der Waals surface area contributed by atoms with E-state index in [4.69, 9.17) is 27.8 Å². The quantitative estimate of drug-likeness (QED) is 0.369. The van der Waals surface area contributed by atoms with Crippen molar-refractivity contribution in [1.82, 2.24) is 0 Å². The molecule has 0 N–H and O–H groups in total. The van der Waals surface area contributed by atoms with Gasteiger partial charge < -0.3 is 27.8 Å². The van der Waals surface area contributed by atoms with Crippen LogP contribution in [0.25, 0.3) is 0 Å².